The number of nitrogens with one attached hydrogen (secondary N) is 1. The highest BCUT2D eigenvalue weighted by Gasteiger charge is 2.34. The Hall–Kier alpha value is -2.20. The summed E-state index contributed by atoms with van der Waals surface area (Å²) in [7, 11) is 0. The van der Waals surface area contributed by atoms with Crippen LogP contribution in [0.15, 0.2) is 42.6 Å². The standard InChI is InChI=1S/C21H24N2O2/c24-13-16-11-10-14-5-1-2-8-17(14)20(16)23-21(25)18-9-3-6-15-7-4-12-22-19(15)18/h1-2,4-5,7-8,12,16,18,20,24H,3,6,9-11,13H2,(H,23,25)/t16-,18-,20-/m0/s1. The first-order valence-electron chi connectivity index (χ1n) is 9.20. The monoisotopic (exact) mass is 336 g/mol. The van der Waals surface area contributed by atoms with E-state index in [2.05, 4.69) is 28.5 Å². The lowest BCUT2D eigenvalue weighted by Crippen LogP contribution is -2.41. The van der Waals surface area contributed by atoms with Crippen LogP contribution in [0.5, 0.6) is 0 Å². The maximum absolute atomic E-state index is 13.1. The highest BCUT2D eigenvalue weighted by molar-refractivity contribution is 5.84. The molecule has 2 aliphatic rings. The number of carbonyl (C=O) groups excluding carboxylic acids is 1. The van der Waals surface area contributed by atoms with E-state index in [1.165, 1.54) is 11.1 Å². The molecule has 1 aromatic carbocycles. The minimum Gasteiger partial charge on any atom is -0.396 e. The lowest BCUT2D eigenvalue weighted by molar-refractivity contribution is -0.124. The molecule has 0 saturated carbocycles. The SMILES string of the molecule is O=C(N[C@@H]1c2ccccc2CC[C@H]1CO)[C@H]1CCCc2cccnc21. The molecule has 2 N–H and O–H groups in total. The Kier molecular flexibility index (Phi) is 4.53. The summed E-state index contributed by atoms with van der Waals surface area (Å²) < 4.78 is 0. The summed E-state index contributed by atoms with van der Waals surface area (Å²) in [6.45, 7) is 0.0960. The zero-order valence-electron chi connectivity index (χ0n) is 14.3. The number of hydrogen-bond acceptors (Lipinski definition) is 3. The van der Waals surface area contributed by atoms with Crippen molar-refractivity contribution in [3.05, 3.63) is 65.0 Å². The van der Waals surface area contributed by atoms with Crippen molar-refractivity contribution in [3.8, 4) is 0 Å². The zero-order chi connectivity index (χ0) is 17.2. The number of rotatable bonds is 3. The second-order valence-corrected chi connectivity index (χ2v) is 7.16. The van der Waals surface area contributed by atoms with Crippen LogP contribution in [0.4, 0.5) is 0 Å². The van der Waals surface area contributed by atoms with Gasteiger partial charge in [-0.15, -0.1) is 0 Å². The van der Waals surface area contributed by atoms with Crippen LogP contribution in [0, 0.1) is 5.92 Å². The number of aromatic nitrogens is 1. The summed E-state index contributed by atoms with van der Waals surface area (Å²) in [6.07, 6.45) is 6.49. The van der Waals surface area contributed by atoms with E-state index in [1.54, 1.807) is 6.20 Å². The molecule has 130 valence electrons. The number of hydrogen-bond donors (Lipinski definition) is 2. The van der Waals surface area contributed by atoms with Crippen molar-refractivity contribution in [2.24, 2.45) is 5.92 Å². The second kappa shape index (κ2) is 6.96. The third kappa shape index (κ3) is 3.07. The Balaban J connectivity index is 1.60. The van der Waals surface area contributed by atoms with Crippen molar-refractivity contribution in [1.29, 1.82) is 0 Å². The van der Waals surface area contributed by atoms with E-state index in [0.29, 0.717) is 0 Å². The van der Waals surface area contributed by atoms with Crippen molar-refractivity contribution < 1.29 is 9.90 Å². The molecule has 0 radical (unpaired) electrons. The number of nitrogens with zero attached hydrogens (tertiary/aromatic N) is 1. The maximum atomic E-state index is 13.1. The van der Waals surface area contributed by atoms with Crippen molar-refractivity contribution in [1.82, 2.24) is 10.3 Å². The molecule has 1 aromatic heterocycles. The number of carbonyl (C=O) groups is 1. The lowest BCUT2D eigenvalue weighted by atomic mass is 9.79. The van der Waals surface area contributed by atoms with Crippen LogP contribution in [0.25, 0.3) is 0 Å². The predicted octanol–water partition coefficient (Wildman–Crippen LogP) is 2.91. The zero-order valence-corrected chi connectivity index (χ0v) is 14.3. The van der Waals surface area contributed by atoms with Gasteiger partial charge in [-0.05, 0) is 54.9 Å². The highest BCUT2D eigenvalue weighted by atomic mass is 16.3. The molecule has 1 heterocycles. The van der Waals surface area contributed by atoms with Gasteiger partial charge in [0.25, 0.3) is 0 Å². The first kappa shape index (κ1) is 16.3. The fourth-order valence-corrected chi connectivity index (χ4v) is 4.34. The van der Waals surface area contributed by atoms with Crippen molar-refractivity contribution in [3.63, 3.8) is 0 Å². The van der Waals surface area contributed by atoms with E-state index in [1.807, 2.05) is 18.2 Å². The summed E-state index contributed by atoms with van der Waals surface area (Å²) in [5.41, 5.74) is 4.55. The van der Waals surface area contributed by atoms with E-state index in [-0.39, 0.29) is 30.4 Å². The van der Waals surface area contributed by atoms with E-state index in [0.717, 1.165) is 43.4 Å². The van der Waals surface area contributed by atoms with Crippen LogP contribution in [0.3, 0.4) is 0 Å². The van der Waals surface area contributed by atoms with Gasteiger partial charge in [0.2, 0.25) is 5.91 Å². The van der Waals surface area contributed by atoms with Crippen LogP contribution in [-0.4, -0.2) is 22.6 Å². The number of fused-ring (bicyclic) bond motifs is 2. The van der Waals surface area contributed by atoms with Crippen LogP contribution in [0.2, 0.25) is 0 Å². The van der Waals surface area contributed by atoms with Gasteiger partial charge in [-0.25, -0.2) is 0 Å². The number of pyridine rings is 1. The van der Waals surface area contributed by atoms with Crippen LogP contribution in [-0.2, 0) is 17.6 Å². The quantitative estimate of drug-likeness (QED) is 0.906. The summed E-state index contributed by atoms with van der Waals surface area (Å²) in [5, 5.41) is 13.1. The average Bonchev–Trinajstić information content (AvgIpc) is 2.67. The third-order valence-electron chi connectivity index (χ3n) is 5.69. The molecular weight excluding hydrogens is 312 g/mol. The van der Waals surface area contributed by atoms with Gasteiger partial charge in [0.15, 0.2) is 0 Å². The Morgan fingerprint density at radius 1 is 1.12 bits per heavy atom. The maximum Gasteiger partial charge on any atom is 0.229 e. The minimum absolute atomic E-state index is 0.0415. The molecule has 0 bridgehead atoms. The number of amides is 1. The van der Waals surface area contributed by atoms with E-state index >= 15 is 0 Å². The third-order valence-corrected chi connectivity index (χ3v) is 5.69. The Labute approximate surface area is 148 Å². The molecular formula is C21H24N2O2. The molecule has 0 fully saturated rings. The summed E-state index contributed by atoms with van der Waals surface area (Å²) in [5.74, 6) is -0.0659. The van der Waals surface area contributed by atoms with Gasteiger partial charge in [0.1, 0.15) is 0 Å². The highest BCUT2D eigenvalue weighted by Crippen LogP contribution is 2.36. The van der Waals surface area contributed by atoms with Crippen molar-refractivity contribution in [2.75, 3.05) is 6.61 Å². The number of aryl methyl sites for hydroxylation is 2. The first-order chi connectivity index (χ1) is 12.3. The molecule has 4 heteroatoms. The van der Waals surface area contributed by atoms with Gasteiger partial charge >= 0.3 is 0 Å². The number of aliphatic hydroxyl groups is 1. The Morgan fingerprint density at radius 3 is 2.84 bits per heavy atom. The minimum atomic E-state index is -0.182. The number of benzene rings is 1. The molecule has 2 aromatic rings. The van der Waals surface area contributed by atoms with Gasteiger partial charge < -0.3 is 10.4 Å². The Morgan fingerprint density at radius 2 is 1.96 bits per heavy atom. The van der Waals surface area contributed by atoms with Gasteiger partial charge in [0, 0.05) is 18.7 Å². The van der Waals surface area contributed by atoms with Crippen molar-refractivity contribution >= 4 is 5.91 Å². The van der Waals surface area contributed by atoms with Crippen molar-refractivity contribution in [2.45, 2.75) is 44.1 Å². The molecule has 1 amide bonds. The predicted molar refractivity (Wildman–Crippen MR) is 96.1 cm³/mol. The number of aliphatic hydroxyl groups excluding tert-OH is 1. The molecule has 3 atom stereocenters. The van der Waals surface area contributed by atoms with E-state index in [9.17, 15) is 9.90 Å². The molecule has 4 nitrogen and oxygen atoms in total. The first-order valence-corrected chi connectivity index (χ1v) is 9.20. The topological polar surface area (TPSA) is 62.2 Å². The second-order valence-electron chi connectivity index (χ2n) is 7.16. The molecule has 0 spiro atoms. The lowest BCUT2D eigenvalue weighted by Gasteiger charge is -2.34. The molecule has 0 saturated heterocycles. The van der Waals surface area contributed by atoms with Crippen LogP contribution in [0.1, 0.15) is 53.6 Å². The fourth-order valence-electron chi connectivity index (χ4n) is 4.34. The summed E-state index contributed by atoms with van der Waals surface area (Å²) in [4.78, 5) is 17.6. The molecule has 2 aliphatic carbocycles. The van der Waals surface area contributed by atoms with Gasteiger partial charge in [-0.2, -0.15) is 0 Å². The van der Waals surface area contributed by atoms with Crippen LogP contribution >= 0.6 is 0 Å². The Bertz CT molecular complexity index is 774. The van der Waals surface area contributed by atoms with Gasteiger partial charge in [-0.1, -0.05) is 30.3 Å². The summed E-state index contributed by atoms with van der Waals surface area (Å²) >= 11 is 0. The molecule has 4 rings (SSSR count). The van der Waals surface area contributed by atoms with E-state index in [4.69, 9.17) is 0 Å². The van der Waals surface area contributed by atoms with Gasteiger partial charge in [0.05, 0.1) is 17.7 Å². The largest absolute Gasteiger partial charge is 0.396 e. The normalized spacial score (nSPS) is 24.9. The summed E-state index contributed by atoms with van der Waals surface area (Å²) in [6, 6.07) is 12.2. The van der Waals surface area contributed by atoms with Crippen LogP contribution < -0.4 is 5.32 Å². The van der Waals surface area contributed by atoms with Gasteiger partial charge in [-0.3, -0.25) is 9.78 Å². The molecule has 0 unspecified atom stereocenters. The van der Waals surface area contributed by atoms with E-state index < -0.39 is 0 Å². The average molecular weight is 336 g/mol. The molecule has 0 aliphatic heterocycles. The fraction of sp³-hybridized carbons (Fsp3) is 0.429. The molecule has 25 heavy (non-hydrogen) atoms. The smallest absolute Gasteiger partial charge is 0.229 e.